The summed E-state index contributed by atoms with van der Waals surface area (Å²) in [4.78, 5) is 10.8. The lowest BCUT2D eigenvalue weighted by atomic mass is 9.94. The van der Waals surface area contributed by atoms with E-state index in [9.17, 15) is 0 Å². The molecule has 12 aromatic rings. The van der Waals surface area contributed by atoms with Crippen molar-refractivity contribution in [2.45, 2.75) is 0 Å². The molecule has 0 fully saturated rings. The molecule has 0 bridgehead atoms. The van der Waals surface area contributed by atoms with Crippen LogP contribution in [0.15, 0.2) is 218 Å². The molecular formula is C58H36N2S2. The lowest BCUT2D eigenvalue weighted by molar-refractivity contribution is 1.18. The Bertz CT molecular complexity index is 3370. The fraction of sp³-hybridized carbons (Fsp3) is 0. The molecule has 4 heteroatoms. The van der Waals surface area contributed by atoms with Crippen molar-refractivity contribution in [1.82, 2.24) is 9.97 Å². The quantitative estimate of drug-likeness (QED) is 0.160. The highest BCUT2D eigenvalue weighted by atomic mass is 32.1. The van der Waals surface area contributed by atoms with E-state index in [0.717, 1.165) is 39.2 Å². The Morgan fingerprint density at radius 3 is 1.10 bits per heavy atom. The lowest BCUT2D eigenvalue weighted by Gasteiger charge is -2.14. The van der Waals surface area contributed by atoms with E-state index in [0.29, 0.717) is 5.82 Å². The minimum absolute atomic E-state index is 0.687. The number of hydrogen-bond donors (Lipinski definition) is 0. The third-order valence-corrected chi connectivity index (χ3v) is 14.4. The Hall–Kier alpha value is -7.50. The standard InChI is InChI=1S/C58H36N2S2/c1-3-13-37(14-4-1)39-25-29-41(30-26-39)52-36-53(42-31-27-40(28-32-42)38-15-5-2-6-16-38)60-58(59-52)45-34-43(46-19-11-21-50-48-17-7-9-23-54(48)61-56(46)50)33-44(35-45)47-20-12-22-51-49-18-8-10-24-55(49)62-57(47)51/h1-36H. The summed E-state index contributed by atoms with van der Waals surface area (Å²) >= 11 is 3.72. The summed E-state index contributed by atoms with van der Waals surface area (Å²) in [7, 11) is 0. The Morgan fingerprint density at radius 2 is 0.629 bits per heavy atom. The first-order chi connectivity index (χ1) is 30.7. The molecule has 0 amide bonds. The van der Waals surface area contributed by atoms with Crippen LogP contribution in [0.25, 0.3) is 119 Å². The largest absolute Gasteiger partial charge is 0.228 e. The van der Waals surface area contributed by atoms with E-state index >= 15 is 0 Å². The summed E-state index contributed by atoms with van der Waals surface area (Å²) < 4.78 is 5.14. The van der Waals surface area contributed by atoms with Gasteiger partial charge in [-0.2, -0.15) is 0 Å². The number of aromatic nitrogens is 2. The number of thiophene rings is 2. The van der Waals surface area contributed by atoms with Crippen molar-refractivity contribution in [2.75, 3.05) is 0 Å². The second-order valence-electron chi connectivity index (χ2n) is 15.7. The Labute approximate surface area is 367 Å². The van der Waals surface area contributed by atoms with E-state index < -0.39 is 0 Å². The number of nitrogens with zero attached hydrogens (tertiary/aromatic N) is 2. The van der Waals surface area contributed by atoms with Crippen LogP contribution in [0.2, 0.25) is 0 Å². The first-order valence-corrected chi connectivity index (χ1v) is 22.5. The number of hydrogen-bond acceptors (Lipinski definition) is 4. The van der Waals surface area contributed by atoms with Crippen molar-refractivity contribution in [3.8, 4) is 78.4 Å². The van der Waals surface area contributed by atoms with Crippen molar-refractivity contribution >= 4 is 63.0 Å². The molecule has 62 heavy (non-hydrogen) atoms. The van der Waals surface area contributed by atoms with Gasteiger partial charge in [-0.3, -0.25) is 0 Å². The third-order valence-electron chi connectivity index (χ3n) is 11.9. The van der Waals surface area contributed by atoms with Crippen molar-refractivity contribution in [1.29, 1.82) is 0 Å². The van der Waals surface area contributed by atoms with Crippen LogP contribution in [0, 0.1) is 0 Å². The van der Waals surface area contributed by atoms with Gasteiger partial charge in [-0.05, 0) is 80.9 Å². The highest BCUT2D eigenvalue weighted by molar-refractivity contribution is 7.26. The average Bonchev–Trinajstić information content (AvgIpc) is 3.93. The number of fused-ring (bicyclic) bond motifs is 6. The SMILES string of the molecule is c1ccc(-c2ccc(-c3cc(-c4ccc(-c5ccccc5)cc4)nc(-c4cc(-c5cccc6c5sc5ccccc56)cc(-c5cccc6c5sc5ccccc56)c4)n3)cc2)cc1. The average molecular weight is 825 g/mol. The van der Waals surface area contributed by atoms with E-state index in [-0.39, 0.29) is 0 Å². The van der Waals surface area contributed by atoms with Gasteiger partial charge < -0.3 is 0 Å². The molecule has 2 nitrogen and oxygen atoms in total. The molecule has 0 unspecified atom stereocenters. The molecule has 0 aliphatic rings. The summed E-state index contributed by atoms with van der Waals surface area (Å²) in [6, 6.07) is 78.6. The van der Waals surface area contributed by atoms with Gasteiger partial charge in [0.1, 0.15) is 0 Å². The van der Waals surface area contributed by atoms with Gasteiger partial charge in [-0.1, -0.05) is 182 Å². The fourth-order valence-electron chi connectivity index (χ4n) is 8.82. The highest BCUT2D eigenvalue weighted by Crippen LogP contribution is 2.45. The summed E-state index contributed by atoms with van der Waals surface area (Å²) in [5, 5.41) is 5.14. The van der Waals surface area contributed by atoms with Gasteiger partial charge >= 0.3 is 0 Å². The summed E-state index contributed by atoms with van der Waals surface area (Å²) in [5.74, 6) is 0.687. The van der Waals surface area contributed by atoms with Crippen molar-refractivity contribution < 1.29 is 0 Å². The molecule has 9 aromatic carbocycles. The Balaban J connectivity index is 1.08. The Morgan fingerprint density at radius 1 is 0.258 bits per heavy atom. The van der Waals surface area contributed by atoms with E-state index in [4.69, 9.17) is 9.97 Å². The molecule has 3 heterocycles. The molecule has 0 saturated heterocycles. The Kier molecular flexibility index (Phi) is 8.91. The summed E-state index contributed by atoms with van der Waals surface area (Å²) in [6.45, 7) is 0. The van der Waals surface area contributed by atoms with Crippen LogP contribution >= 0.6 is 22.7 Å². The van der Waals surface area contributed by atoms with Gasteiger partial charge in [-0.25, -0.2) is 9.97 Å². The molecule has 0 aliphatic heterocycles. The van der Waals surface area contributed by atoms with E-state index in [2.05, 4.69) is 218 Å². The van der Waals surface area contributed by atoms with Crippen LogP contribution in [0.1, 0.15) is 0 Å². The molecule has 0 N–H and O–H groups in total. The van der Waals surface area contributed by atoms with Gasteiger partial charge in [-0.15, -0.1) is 22.7 Å². The molecule has 0 saturated carbocycles. The fourth-order valence-corrected chi connectivity index (χ4v) is 11.3. The molecule has 12 rings (SSSR count). The van der Waals surface area contributed by atoms with Crippen LogP contribution < -0.4 is 0 Å². The second-order valence-corrected chi connectivity index (χ2v) is 17.8. The van der Waals surface area contributed by atoms with Gasteiger partial charge in [0.05, 0.1) is 11.4 Å². The van der Waals surface area contributed by atoms with E-state index in [1.165, 1.54) is 73.7 Å². The van der Waals surface area contributed by atoms with Crippen LogP contribution in [-0.4, -0.2) is 9.97 Å². The molecular weight excluding hydrogens is 789 g/mol. The van der Waals surface area contributed by atoms with Crippen molar-refractivity contribution in [2.24, 2.45) is 0 Å². The summed E-state index contributed by atoms with van der Waals surface area (Å²) in [5.41, 5.74) is 14.2. The number of rotatable bonds is 7. The molecule has 0 spiro atoms. The lowest BCUT2D eigenvalue weighted by Crippen LogP contribution is -1.97. The molecule has 0 aliphatic carbocycles. The molecule has 3 aromatic heterocycles. The zero-order valence-corrected chi connectivity index (χ0v) is 35.1. The predicted molar refractivity (Wildman–Crippen MR) is 266 cm³/mol. The van der Waals surface area contributed by atoms with Crippen LogP contribution in [0.5, 0.6) is 0 Å². The third kappa shape index (κ3) is 6.49. The molecule has 0 radical (unpaired) electrons. The number of benzene rings is 9. The minimum Gasteiger partial charge on any atom is -0.228 e. The van der Waals surface area contributed by atoms with Gasteiger partial charge in [0.25, 0.3) is 0 Å². The van der Waals surface area contributed by atoms with Crippen LogP contribution in [-0.2, 0) is 0 Å². The molecule has 290 valence electrons. The zero-order valence-electron chi connectivity index (χ0n) is 33.5. The first kappa shape index (κ1) is 36.4. The molecule has 0 atom stereocenters. The van der Waals surface area contributed by atoms with Crippen LogP contribution in [0.4, 0.5) is 0 Å². The topological polar surface area (TPSA) is 25.8 Å². The summed E-state index contributed by atoms with van der Waals surface area (Å²) in [6.07, 6.45) is 0. The normalized spacial score (nSPS) is 11.5. The van der Waals surface area contributed by atoms with E-state index in [1.807, 2.05) is 22.7 Å². The predicted octanol–water partition coefficient (Wildman–Crippen LogP) is 16.9. The minimum atomic E-state index is 0.687. The maximum Gasteiger partial charge on any atom is 0.160 e. The van der Waals surface area contributed by atoms with Crippen molar-refractivity contribution in [3.05, 3.63) is 218 Å². The van der Waals surface area contributed by atoms with Gasteiger partial charge in [0.2, 0.25) is 0 Å². The van der Waals surface area contributed by atoms with E-state index in [1.54, 1.807) is 0 Å². The monoisotopic (exact) mass is 824 g/mol. The maximum absolute atomic E-state index is 5.42. The highest BCUT2D eigenvalue weighted by Gasteiger charge is 2.18. The maximum atomic E-state index is 5.42. The first-order valence-electron chi connectivity index (χ1n) is 20.9. The van der Waals surface area contributed by atoms with Crippen LogP contribution in [0.3, 0.4) is 0 Å². The van der Waals surface area contributed by atoms with Gasteiger partial charge in [0.15, 0.2) is 5.82 Å². The zero-order chi connectivity index (χ0) is 41.0. The van der Waals surface area contributed by atoms with Crippen molar-refractivity contribution in [3.63, 3.8) is 0 Å². The second kappa shape index (κ2) is 15.2. The smallest absolute Gasteiger partial charge is 0.160 e. The van der Waals surface area contributed by atoms with Gasteiger partial charge in [0, 0.05) is 57.0 Å².